The lowest BCUT2D eigenvalue weighted by molar-refractivity contribution is -0.384. The van der Waals surface area contributed by atoms with E-state index in [0.717, 1.165) is 11.4 Å². The summed E-state index contributed by atoms with van der Waals surface area (Å²) < 4.78 is 5.06. The Bertz CT molecular complexity index is 642. The van der Waals surface area contributed by atoms with E-state index in [1.165, 1.54) is 12.0 Å². The summed E-state index contributed by atoms with van der Waals surface area (Å²) in [4.78, 5) is 16.4. The van der Waals surface area contributed by atoms with Gasteiger partial charge in [0.1, 0.15) is 10.7 Å². The Hall–Kier alpha value is -2.15. The van der Waals surface area contributed by atoms with E-state index in [2.05, 4.69) is 17.2 Å². The Morgan fingerprint density at radius 2 is 2.29 bits per heavy atom. The molecule has 0 saturated carbocycles. The fourth-order valence-corrected chi connectivity index (χ4v) is 2.83. The third-order valence-corrected chi connectivity index (χ3v) is 4.39. The number of para-hydroxylation sites is 1. The number of nitro benzene ring substituents is 1. The molecule has 0 radical (unpaired) electrons. The molecule has 0 saturated heterocycles. The van der Waals surface area contributed by atoms with Crippen molar-refractivity contribution < 1.29 is 9.66 Å². The van der Waals surface area contributed by atoms with Gasteiger partial charge in [-0.05, 0) is 25.5 Å². The Labute approximate surface area is 126 Å². The van der Waals surface area contributed by atoms with E-state index in [0.29, 0.717) is 5.69 Å². The monoisotopic (exact) mass is 307 g/mol. The average Bonchev–Trinajstić information content (AvgIpc) is 2.95. The van der Waals surface area contributed by atoms with Gasteiger partial charge in [-0.2, -0.15) is 0 Å². The van der Waals surface area contributed by atoms with Crippen LogP contribution < -0.4 is 10.1 Å². The second-order valence-electron chi connectivity index (χ2n) is 4.50. The summed E-state index contributed by atoms with van der Waals surface area (Å²) >= 11 is 1.61. The fourth-order valence-electron chi connectivity index (χ4n) is 1.97. The van der Waals surface area contributed by atoms with Crippen LogP contribution in [0.2, 0.25) is 0 Å². The second kappa shape index (κ2) is 6.53. The number of hydrogen-bond donors (Lipinski definition) is 1. The molecule has 1 atom stereocenters. The van der Waals surface area contributed by atoms with Crippen LogP contribution in [-0.2, 0) is 6.42 Å². The molecule has 0 fully saturated rings. The van der Waals surface area contributed by atoms with Gasteiger partial charge in [-0.25, -0.2) is 4.98 Å². The Kier molecular flexibility index (Phi) is 4.74. The van der Waals surface area contributed by atoms with Crippen LogP contribution in [0, 0.1) is 10.1 Å². The number of methoxy groups -OCH3 is 1. The van der Waals surface area contributed by atoms with Crippen LogP contribution in [0.3, 0.4) is 0 Å². The number of anilines is 1. The maximum Gasteiger partial charge on any atom is 0.333 e. The molecule has 1 aromatic carbocycles. The van der Waals surface area contributed by atoms with Gasteiger partial charge in [-0.1, -0.05) is 13.0 Å². The largest absolute Gasteiger partial charge is 0.490 e. The number of nitro groups is 1. The molecule has 21 heavy (non-hydrogen) atoms. The highest BCUT2D eigenvalue weighted by Gasteiger charge is 2.22. The summed E-state index contributed by atoms with van der Waals surface area (Å²) in [6.45, 7) is 4.00. The van der Waals surface area contributed by atoms with Crippen molar-refractivity contribution in [3.05, 3.63) is 44.4 Å². The molecule has 0 spiro atoms. The topological polar surface area (TPSA) is 77.3 Å². The van der Waals surface area contributed by atoms with Crippen molar-refractivity contribution in [2.45, 2.75) is 26.3 Å². The van der Waals surface area contributed by atoms with Crippen LogP contribution in [0.5, 0.6) is 5.75 Å². The summed E-state index contributed by atoms with van der Waals surface area (Å²) in [6.07, 6.45) is 2.78. The molecule has 0 aliphatic heterocycles. The minimum Gasteiger partial charge on any atom is -0.490 e. The first-order valence-corrected chi connectivity index (χ1v) is 7.41. The fraction of sp³-hybridized carbons (Fsp3) is 0.357. The van der Waals surface area contributed by atoms with E-state index in [1.807, 2.05) is 13.1 Å². The lowest BCUT2D eigenvalue weighted by Gasteiger charge is -2.14. The number of rotatable bonds is 6. The zero-order valence-corrected chi connectivity index (χ0v) is 12.9. The van der Waals surface area contributed by atoms with Crippen molar-refractivity contribution in [2.75, 3.05) is 12.4 Å². The van der Waals surface area contributed by atoms with Crippen LogP contribution in [0.4, 0.5) is 11.4 Å². The molecule has 1 N–H and O–H groups in total. The van der Waals surface area contributed by atoms with Gasteiger partial charge in [0.15, 0.2) is 5.75 Å². The molecule has 2 rings (SSSR count). The smallest absolute Gasteiger partial charge is 0.333 e. The van der Waals surface area contributed by atoms with E-state index in [1.54, 1.807) is 29.5 Å². The molecule has 0 aliphatic carbocycles. The van der Waals surface area contributed by atoms with Gasteiger partial charge in [0.25, 0.3) is 0 Å². The molecule has 0 bridgehead atoms. The summed E-state index contributed by atoms with van der Waals surface area (Å²) in [6, 6.07) is 4.86. The molecule has 0 aliphatic rings. The van der Waals surface area contributed by atoms with Crippen molar-refractivity contribution in [1.29, 1.82) is 0 Å². The highest BCUT2D eigenvalue weighted by Crippen LogP contribution is 2.36. The Morgan fingerprint density at radius 1 is 1.52 bits per heavy atom. The first-order valence-electron chi connectivity index (χ1n) is 6.59. The number of ether oxygens (including phenoxy) is 1. The van der Waals surface area contributed by atoms with E-state index in [4.69, 9.17) is 4.74 Å². The molecule has 1 aromatic heterocycles. The minimum atomic E-state index is -0.437. The van der Waals surface area contributed by atoms with Gasteiger partial charge >= 0.3 is 5.69 Å². The van der Waals surface area contributed by atoms with Crippen LogP contribution in [0.1, 0.15) is 29.8 Å². The van der Waals surface area contributed by atoms with Crippen LogP contribution in [0.25, 0.3) is 0 Å². The van der Waals surface area contributed by atoms with E-state index in [-0.39, 0.29) is 17.5 Å². The number of nitrogens with one attached hydrogen (secondary N) is 1. The number of nitrogens with zero attached hydrogens (tertiary/aromatic N) is 2. The van der Waals surface area contributed by atoms with Gasteiger partial charge in [-0.15, -0.1) is 11.3 Å². The lowest BCUT2D eigenvalue weighted by atomic mass is 10.2. The summed E-state index contributed by atoms with van der Waals surface area (Å²) in [5, 5.41) is 15.3. The Balaban J connectivity index is 2.28. The van der Waals surface area contributed by atoms with Crippen molar-refractivity contribution >= 4 is 22.7 Å². The third-order valence-electron chi connectivity index (χ3n) is 3.06. The van der Waals surface area contributed by atoms with E-state index < -0.39 is 4.92 Å². The maximum absolute atomic E-state index is 11.2. The minimum absolute atomic E-state index is 0.0564. The molecule has 7 heteroatoms. The van der Waals surface area contributed by atoms with E-state index >= 15 is 0 Å². The predicted molar refractivity (Wildman–Crippen MR) is 83.2 cm³/mol. The molecule has 1 unspecified atom stereocenters. The first-order chi connectivity index (χ1) is 10.1. The quantitative estimate of drug-likeness (QED) is 0.649. The standard InChI is InChI=1S/C14H17N3O3S/c1-4-10-8-15-14(21-10)9(2)16-11-6-5-7-12(20-3)13(11)17(18)19/h5-9,16H,4H2,1-3H3. The number of thiazole rings is 1. The molecular weight excluding hydrogens is 290 g/mol. The molecule has 6 nitrogen and oxygen atoms in total. The van der Waals surface area contributed by atoms with Gasteiger partial charge in [-0.3, -0.25) is 10.1 Å². The number of benzene rings is 1. The molecule has 2 aromatic rings. The van der Waals surface area contributed by atoms with E-state index in [9.17, 15) is 10.1 Å². The number of aromatic nitrogens is 1. The summed E-state index contributed by atoms with van der Waals surface area (Å²) in [5.41, 5.74) is 0.374. The van der Waals surface area contributed by atoms with Gasteiger partial charge in [0.05, 0.1) is 18.1 Å². The van der Waals surface area contributed by atoms with Crippen molar-refractivity contribution in [2.24, 2.45) is 0 Å². The summed E-state index contributed by atoms with van der Waals surface area (Å²) in [5.74, 6) is 0.241. The van der Waals surface area contributed by atoms with Crippen LogP contribution in [0.15, 0.2) is 24.4 Å². The number of hydrogen-bond acceptors (Lipinski definition) is 6. The SMILES string of the molecule is CCc1cnc(C(C)Nc2cccc(OC)c2[N+](=O)[O-])s1. The van der Waals surface area contributed by atoms with Crippen molar-refractivity contribution in [1.82, 2.24) is 4.98 Å². The molecule has 0 amide bonds. The van der Waals surface area contributed by atoms with Crippen molar-refractivity contribution in [3.63, 3.8) is 0 Å². The number of aryl methyl sites for hydroxylation is 1. The van der Waals surface area contributed by atoms with Crippen molar-refractivity contribution in [3.8, 4) is 5.75 Å². The lowest BCUT2D eigenvalue weighted by Crippen LogP contribution is -2.08. The van der Waals surface area contributed by atoms with Gasteiger partial charge in [0, 0.05) is 11.1 Å². The third kappa shape index (κ3) is 3.30. The Morgan fingerprint density at radius 3 is 2.86 bits per heavy atom. The molecule has 1 heterocycles. The maximum atomic E-state index is 11.2. The normalized spacial score (nSPS) is 12.0. The van der Waals surface area contributed by atoms with Gasteiger partial charge in [0.2, 0.25) is 0 Å². The molecular formula is C14H17N3O3S. The summed E-state index contributed by atoms with van der Waals surface area (Å²) in [7, 11) is 1.42. The first kappa shape index (κ1) is 15.2. The highest BCUT2D eigenvalue weighted by atomic mass is 32.1. The second-order valence-corrected chi connectivity index (χ2v) is 5.64. The zero-order chi connectivity index (χ0) is 15.4. The zero-order valence-electron chi connectivity index (χ0n) is 12.1. The van der Waals surface area contributed by atoms with Crippen LogP contribution in [-0.4, -0.2) is 17.0 Å². The highest BCUT2D eigenvalue weighted by molar-refractivity contribution is 7.11. The molecule has 112 valence electrons. The predicted octanol–water partition coefficient (Wildman–Crippen LogP) is 3.80. The van der Waals surface area contributed by atoms with Gasteiger partial charge < -0.3 is 10.1 Å². The average molecular weight is 307 g/mol. The van der Waals surface area contributed by atoms with Crippen LogP contribution >= 0.6 is 11.3 Å².